The van der Waals surface area contributed by atoms with E-state index in [-0.39, 0.29) is 5.54 Å². The van der Waals surface area contributed by atoms with Crippen LogP contribution in [0.4, 0.5) is 0 Å². The molecule has 0 atom stereocenters. The molecule has 3 heterocycles. The molecule has 166 valence electrons. The Hall–Kier alpha value is -0.850. The average molecular weight is 406 g/mol. The molecule has 4 rings (SSSR count). The van der Waals surface area contributed by atoms with Gasteiger partial charge in [-0.3, -0.25) is 9.89 Å². The zero-order chi connectivity index (χ0) is 19.9. The Bertz CT molecular complexity index is 513. The number of nitrogens with one attached hydrogen (secondary N) is 2. The van der Waals surface area contributed by atoms with E-state index in [1.165, 1.54) is 84.0 Å². The van der Waals surface area contributed by atoms with Gasteiger partial charge in [0.25, 0.3) is 0 Å². The summed E-state index contributed by atoms with van der Waals surface area (Å²) in [6.45, 7) is 7.74. The molecule has 1 saturated carbocycles. The molecule has 0 aromatic rings. The van der Waals surface area contributed by atoms with Crippen LogP contribution in [0.2, 0.25) is 0 Å². The maximum atomic E-state index is 5.69. The van der Waals surface area contributed by atoms with E-state index in [1.807, 2.05) is 7.05 Å². The highest BCUT2D eigenvalue weighted by atomic mass is 16.5. The minimum absolute atomic E-state index is 0.247. The van der Waals surface area contributed by atoms with Gasteiger partial charge in [0.1, 0.15) is 0 Å². The maximum Gasteiger partial charge on any atom is 0.191 e. The number of piperidine rings is 1. The summed E-state index contributed by atoms with van der Waals surface area (Å²) < 4.78 is 5.69. The Morgan fingerprint density at radius 2 is 1.62 bits per heavy atom. The fourth-order valence-electron chi connectivity index (χ4n) is 6.04. The van der Waals surface area contributed by atoms with Gasteiger partial charge in [0.05, 0.1) is 0 Å². The van der Waals surface area contributed by atoms with E-state index in [2.05, 4.69) is 25.4 Å². The topological polar surface area (TPSA) is 52.1 Å². The van der Waals surface area contributed by atoms with E-state index in [4.69, 9.17) is 4.74 Å². The normalized spacial score (nSPS) is 28.5. The lowest BCUT2D eigenvalue weighted by Crippen LogP contribution is -2.59. The van der Waals surface area contributed by atoms with E-state index in [0.29, 0.717) is 6.04 Å². The predicted molar refractivity (Wildman–Crippen MR) is 120 cm³/mol. The second-order valence-electron chi connectivity index (χ2n) is 9.70. The third-order valence-electron chi connectivity index (χ3n) is 7.97. The summed E-state index contributed by atoms with van der Waals surface area (Å²) in [5, 5.41) is 7.45. The minimum Gasteiger partial charge on any atom is -0.381 e. The van der Waals surface area contributed by atoms with Crippen molar-refractivity contribution in [2.75, 3.05) is 53.0 Å². The standard InChI is InChI=1S/C23H43N5O/c1-24-22(25-19-23(11-17-29-18-12-23)28-13-5-6-14-28)26-20-9-15-27(16-10-20)21-7-3-2-4-8-21/h20-21H,2-19H2,1H3,(H2,24,25,26). The zero-order valence-electron chi connectivity index (χ0n) is 18.6. The number of nitrogens with zero attached hydrogens (tertiary/aromatic N) is 3. The van der Waals surface area contributed by atoms with Gasteiger partial charge in [-0.2, -0.15) is 0 Å². The lowest BCUT2D eigenvalue weighted by Gasteiger charge is -2.45. The van der Waals surface area contributed by atoms with Crippen molar-refractivity contribution >= 4 is 5.96 Å². The Morgan fingerprint density at radius 3 is 2.28 bits per heavy atom. The van der Waals surface area contributed by atoms with Crippen molar-refractivity contribution in [3.05, 3.63) is 0 Å². The van der Waals surface area contributed by atoms with Crippen LogP contribution in [0, 0.1) is 0 Å². The first-order valence-corrected chi connectivity index (χ1v) is 12.3. The highest BCUT2D eigenvalue weighted by molar-refractivity contribution is 5.80. The van der Waals surface area contributed by atoms with Crippen LogP contribution in [0.3, 0.4) is 0 Å². The van der Waals surface area contributed by atoms with Gasteiger partial charge >= 0.3 is 0 Å². The lowest BCUT2D eigenvalue weighted by molar-refractivity contribution is -0.0164. The first-order chi connectivity index (χ1) is 14.3. The van der Waals surface area contributed by atoms with Crippen molar-refractivity contribution in [3.8, 4) is 0 Å². The minimum atomic E-state index is 0.247. The monoisotopic (exact) mass is 405 g/mol. The summed E-state index contributed by atoms with van der Waals surface area (Å²) in [4.78, 5) is 10.0. The van der Waals surface area contributed by atoms with Gasteiger partial charge in [-0.25, -0.2) is 0 Å². The lowest BCUT2D eigenvalue weighted by atomic mass is 9.88. The quantitative estimate of drug-likeness (QED) is 0.544. The van der Waals surface area contributed by atoms with Crippen molar-refractivity contribution in [1.82, 2.24) is 20.4 Å². The van der Waals surface area contributed by atoms with Gasteiger partial charge < -0.3 is 20.3 Å². The molecule has 0 bridgehead atoms. The molecular weight excluding hydrogens is 362 g/mol. The van der Waals surface area contributed by atoms with Crippen molar-refractivity contribution in [2.45, 2.75) is 88.3 Å². The molecule has 6 nitrogen and oxygen atoms in total. The molecule has 6 heteroatoms. The number of rotatable bonds is 5. The molecule has 0 unspecified atom stereocenters. The van der Waals surface area contributed by atoms with Crippen molar-refractivity contribution in [1.29, 1.82) is 0 Å². The molecular formula is C23H43N5O. The van der Waals surface area contributed by atoms with Gasteiger partial charge in [0, 0.05) is 57.5 Å². The molecule has 3 saturated heterocycles. The SMILES string of the molecule is CN=C(NCC1(N2CCCC2)CCOCC1)NC1CCN(C2CCCCC2)CC1. The highest BCUT2D eigenvalue weighted by Gasteiger charge is 2.39. The van der Waals surface area contributed by atoms with Crippen LogP contribution in [0.25, 0.3) is 0 Å². The molecule has 2 N–H and O–H groups in total. The van der Waals surface area contributed by atoms with Gasteiger partial charge in [0.2, 0.25) is 0 Å². The van der Waals surface area contributed by atoms with Crippen molar-refractivity contribution < 1.29 is 4.74 Å². The van der Waals surface area contributed by atoms with E-state index >= 15 is 0 Å². The number of hydrogen-bond acceptors (Lipinski definition) is 4. The second kappa shape index (κ2) is 10.5. The van der Waals surface area contributed by atoms with Crippen LogP contribution in [-0.4, -0.2) is 86.4 Å². The number of guanidine groups is 1. The molecule has 0 aromatic heterocycles. The molecule has 4 fully saturated rings. The molecule has 3 aliphatic heterocycles. The summed E-state index contributed by atoms with van der Waals surface area (Å²) in [5.74, 6) is 0.992. The molecule has 0 aromatic carbocycles. The first-order valence-electron chi connectivity index (χ1n) is 12.3. The van der Waals surface area contributed by atoms with Gasteiger partial charge in [0.15, 0.2) is 5.96 Å². The summed E-state index contributed by atoms with van der Waals surface area (Å²) in [5.41, 5.74) is 0.247. The number of aliphatic imine (C=N–C) groups is 1. The Labute approximate surface area is 177 Å². The van der Waals surface area contributed by atoms with E-state index in [0.717, 1.165) is 44.6 Å². The van der Waals surface area contributed by atoms with Gasteiger partial charge in [-0.05, 0) is 64.5 Å². The largest absolute Gasteiger partial charge is 0.381 e. The van der Waals surface area contributed by atoms with E-state index in [9.17, 15) is 0 Å². The fraction of sp³-hybridized carbons (Fsp3) is 0.957. The van der Waals surface area contributed by atoms with Crippen LogP contribution in [-0.2, 0) is 4.74 Å². The zero-order valence-corrected chi connectivity index (χ0v) is 18.6. The molecule has 1 aliphatic carbocycles. The smallest absolute Gasteiger partial charge is 0.191 e. The van der Waals surface area contributed by atoms with E-state index in [1.54, 1.807) is 0 Å². The fourth-order valence-corrected chi connectivity index (χ4v) is 6.04. The van der Waals surface area contributed by atoms with Crippen LogP contribution >= 0.6 is 0 Å². The Balaban J connectivity index is 1.25. The Kier molecular flexibility index (Phi) is 7.71. The molecule has 0 radical (unpaired) electrons. The van der Waals surface area contributed by atoms with Crippen LogP contribution < -0.4 is 10.6 Å². The van der Waals surface area contributed by atoms with Crippen LogP contribution in [0.15, 0.2) is 4.99 Å². The van der Waals surface area contributed by atoms with Gasteiger partial charge in [-0.1, -0.05) is 19.3 Å². The molecule has 4 aliphatic rings. The van der Waals surface area contributed by atoms with Crippen molar-refractivity contribution in [2.24, 2.45) is 4.99 Å². The molecule has 0 amide bonds. The first kappa shape index (κ1) is 21.4. The summed E-state index contributed by atoms with van der Waals surface area (Å²) in [6, 6.07) is 1.41. The third-order valence-corrected chi connectivity index (χ3v) is 7.97. The summed E-state index contributed by atoms with van der Waals surface area (Å²) in [7, 11) is 1.92. The second-order valence-corrected chi connectivity index (χ2v) is 9.70. The number of hydrogen-bond donors (Lipinski definition) is 2. The number of ether oxygens (including phenoxy) is 1. The average Bonchev–Trinajstić information content (AvgIpc) is 3.34. The number of likely N-dealkylation sites (tertiary alicyclic amines) is 2. The predicted octanol–water partition coefficient (Wildman–Crippen LogP) is 2.59. The molecule has 0 spiro atoms. The van der Waals surface area contributed by atoms with E-state index < -0.39 is 0 Å². The van der Waals surface area contributed by atoms with Crippen LogP contribution in [0.5, 0.6) is 0 Å². The Morgan fingerprint density at radius 1 is 0.931 bits per heavy atom. The summed E-state index contributed by atoms with van der Waals surface area (Å²) in [6.07, 6.45) is 14.6. The molecule has 29 heavy (non-hydrogen) atoms. The van der Waals surface area contributed by atoms with Gasteiger partial charge in [-0.15, -0.1) is 0 Å². The third kappa shape index (κ3) is 5.45. The van der Waals surface area contributed by atoms with Crippen LogP contribution in [0.1, 0.15) is 70.6 Å². The summed E-state index contributed by atoms with van der Waals surface area (Å²) >= 11 is 0. The van der Waals surface area contributed by atoms with Crippen molar-refractivity contribution in [3.63, 3.8) is 0 Å². The maximum absolute atomic E-state index is 5.69. The highest BCUT2D eigenvalue weighted by Crippen LogP contribution is 2.31.